The predicted molar refractivity (Wildman–Crippen MR) is 83.2 cm³/mol. The van der Waals surface area contributed by atoms with Crippen molar-refractivity contribution in [3.8, 4) is 0 Å². The Hall–Kier alpha value is -2.27. The van der Waals surface area contributed by atoms with E-state index in [1.54, 1.807) is 18.2 Å². The molecule has 2 aromatic rings. The van der Waals surface area contributed by atoms with E-state index in [9.17, 15) is 9.18 Å². The lowest BCUT2D eigenvalue weighted by molar-refractivity contribution is -0.115. The maximum absolute atomic E-state index is 13.2. The van der Waals surface area contributed by atoms with Crippen molar-refractivity contribution in [2.75, 3.05) is 0 Å². The van der Waals surface area contributed by atoms with E-state index in [4.69, 9.17) is 0 Å². The number of carbonyl (C=O) groups is 1. The largest absolute Gasteiger partial charge is 0.305 e. The van der Waals surface area contributed by atoms with Gasteiger partial charge in [-0.15, -0.1) is 0 Å². The molecule has 0 saturated carbocycles. The number of amides is 1. The molecule has 0 radical (unpaired) electrons. The van der Waals surface area contributed by atoms with Crippen molar-refractivity contribution in [3.05, 3.63) is 75.6 Å². The Labute approximate surface area is 129 Å². The van der Waals surface area contributed by atoms with Gasteiger partial charge in [0, 0.05) is 10.0 Å². The van der Waals surface area contributed by atoms with Crippen molar-refractivity contribution < 1.29 is 9.18 Å². The summed E-state index contributed by atoms with van der Waals surface area (Å²) in [4.78, 5) is 16.2. The second-order valence-corrected chi connectivity index (χ2v) is 5.42. The van der Waals surface area contributed by atoms with Crippen LogP contribution in [-0.2, 0) is 4.79 Å². The Morgan fingerprint density at radius 2 is 1.90 bits per heavy atom. The zero-order valence-corrected chi connectivity index (χ0v) is 12.4. The summed E-state index contributed by atoms with van der Waals surface area (Å²) in [6.45, 7) is 0. The second kappa shape index (κ2) is 5.61. The molecular weight excluding hydrogens is 335 g/mol. The van der Waals surface area contributed by atoms with Gasteiger partial charge in [0.25, 0.3) is 5.91 Å². The van der Waals surface area contributed by atoms with Crippen molar-refractivity contribution in [3.63, 3.8) is 0 Å². The zero-order chi connectivity index (χ0) is 14.8. The molecule has 0 atom stereocenters. The molecule has 104 valence electrons. The van der Waals surface area contributed by atoms with Gasteiger partial charge in [0.1, 0.15) is 17.3 Å². The van der Waals surface area contributed by atoms with E-state index >= 15 is 0 Å². The number of benzene rings is 2. The molecule has 1 N–H and O–H groups in total. The highest BCUT2D eigenvalue weighted by atomic mass is 79.9. The first-order valence-corrected chi connectivity index (χ1v) is 7.04. The Balaban J connectivity index is 1.93. The number of amidine groups is 1. The lowest BCUT2D eigenvalue weighted by atomic mass is 10.2. The van der Waals surface area contributed by atoms with E-state index < -0.39 is 0 Å². The van der Waals surface area contributed by atoms with Crippen LogP contribution in [0.2, 0.25) is 0 Å². The molecule has 21 heavy (non-hydrogen) atoms. The number of nitrogens with one attached hydrogen (secondary N) is 1. The standard InChI is InChI=1S/C16H10BrFN2O/c17-12-6-4-10(5-7-12)8-14-16(21)20-15(19-14)11-2-1-3-13(18)9-11/h1-9H,(H,19,20,21). The van der Waals surface area contributed by atoms with E-state index in [0.717, 1.165) is 10.0 Å². The fraction of sp³-hybridized carbons (Fsp3) is 0. The molecule has 3 rings (SSSR count). The maximum Gasteiger partial charge on any atom is 0.275 e. The van der Waals surface area contributed by atoms with Crippen LogP contribution in [0.5, 0.6) is 0 Å². The summed E-state index contributed by atoms with van der Waals surface area (Å²) in [6.07, 6.45) is 1.69. The van der Waals surface area contributed by atoms with Crippen molar-refractivity contribution in [1.29, 1.82) is 0 Å². The molecule has 0 saturated heterocycles. The maximum atomic E-state index is 13.2. The van der Waals surface area contributed by atoms with Crippen LogP contribution in [0, 0.1) is 5.82 Å². The summed E-state index contributed by atoms with van der Waals surface area (Å²) >= 11 is 3.35. The van der Waals surface area contributed by atoms with E-state index in [2.05, 4.69) is 26.2 Å². The average molecular weight is 345 g/mol. The quantitative estimate of drug-likeness (QED) is 0.832. The van der Waals surface area contributed by atoms with Gasteiger partial charge in [-0.3, -0.25) is 4.79 Å². The highest BCUT2D eigenvalue weighted by Gasteiger charge is 2.21. The SMILES string of the molecule is O=C1NC(c2cccc(F)c2)=NC1=Cc1ccc(Br)cc1. The van der Waals surface area contributed by atoms with Crippen molar-refractivity contribution in [1.82, 2.24) is 5.32 Å². The van der Waals surface area contributed by atoms with E-state index in [-0.39, 0.29) is 11.7 Å². The molecule has 1 amide bonds. The number of hydrogen-bond acceptors (Lipinski definition) is 2. The van der Waals surface area contributed by atoms with E-state index in [1.165, 1.54) is 12.1 Å². The van der Waals surface area contributed by atoms with Crippen LogP contribution >= 0.6 is 15.9 Å². The van der Waals surface area contributed by atoms with Crippen LogP contribution in [-0.4, -0.2) is 11.7 Å². The summed E-state index contributed by atoms with van der Waals surface area (Å²) in [5, 5.41) is 2.65. The Morgan fingerprint density at radius 1 is 1.14 bits per heavy atom. The lowest BCUT2D eigenvalue weighted by Gasteiger charge is -1.99. The van der Waals surface area contributed by atoms with Gasteiger partial charge >= 0.3 is 0 Å². The van der Waals surface area contributed by atoms with E-state index in [0.29, 0.717) is 17.1 Å². The van der Waals surface area contributed by atoms with Gasteiger partial charge in [-0.1, -0.05) is 40.2 Å². The molecule has 0 spiro atoms. The van der Waals surface area contributed by atoms with Crippen LogP contribution in [0.4, 0.5) is 4.39 Å². The van der Waals surface area contributed by atoms with Crippen LogP contribution < -0.4 is 5.32 Å². The van der Waals surface area contributed by atoms with Crippen LogP contribution in [0.1, 0.15) is 11.1 Å². The number of carbonyl (C=O) groups excluding carboxylic acids is 1. The summed E-state index contributed by atoms with van der Waals surface area (Å²) in [7, 11) is 0. The predicted octanol–water partition coefficient (Wildman–Crippen LogP) is 3.51. The fourth-order valence-electron chi connectivity index (χ4n) is 1.96. The summed E-state index contributed by atoms with van der Waals surface area (Å²) in [5.41, 5.74) is 1.71. The minimum atomic E-state index is -0.366. The van der Waals surface area contributed by atoms with Gasteiger partial charge in [-0.25, -0.2) is 9.38 Å². The zero-order valence-electron chi connectivity index (χ0n) is 10.8. The fourth-order valence-corrected chi connectivity index (χ4v) is 2.22. The minimum Gasteiger partial charge on any atom is -0.305 e. The van der Waals surface area contributed by atoms with Crippen LogP contribution in [0.3, 0.4) is 0 Å². The minimum absolute atomic E-state index is 0.294. The number of rotatable bonds is 2. The van der Waals surface area contributed by atoms with E-state index in [1.807, 2.05) is 24.3 Å². The van der Waals surface area contributed by atoms with Gasteiger partial charge in [-0.2, -0.15) is 0 Å². The number of aliphatic imine (C=N–C) groups is 1. The first-order valence-electron chi connectivity index (χ1n) is 6.25. The molecule has 5 heteroatoms. The highest BCUT2D eigenvalue weighted by Crippen LogP contribution is 2.17. The summed E-state index contributed by atoms with van der Waals surface area (Å²) in [6, 6.07) is 13.5. The molecule has 0 aliphatic carbocycles. The molecule has 0 bridgehead atoms. The van der Waals surface area contributed by atoms with Gasteiger partial charge in [0.05, 0.1) is 0 Å². The smallest absolute Gasteiger partial charge is 0.275 e. The molecule has 0 aromatic heterocycles. The first-order chi connectivity index (χ1) is 10.1. The Morgan fingerprint density at radius 3 is 2.62 bits per heavy atom. The first kappa shape index (κ1) is 13.7. The van der Waals surface area contributed by atoms with Crippen molar-refractivity contribution >= 4 is 33.7 Å². The molecule has 1 heterocycles. The molecule has 1 aliphatic rings. The number of hydrogen-bond donors (Lipinski definition) is 1. The summed E-state index contributed by atoms with van der Waals surface area (Å²) in [5.74, 6) is -0.296. The van der Waals surface area contributed by atoms with Crippen molar-refractivity contribution in [2.24, 2.45) is 4.99 Å². The normalized spacial score (nSPS) is 16.0. The Kier molecular flexibility index (Phi) is 3.66. The number of halogens is 2. The average Bonchev–Trinajstić information content (AvgIpc) is 2.83. The molecule has 2 aromatic carbocycles. The molecular formula is C16H10BrFN2O. The molecule has 3 nitrogen and oxygen atoms in total. The third-order valence-corrected chi connectivity index (χ3v) is 3.50. The summed E-state index contributed by atoms with van der Waals surface area (Å²) < 4.78 is 14.2. The second-order valence-electron chi connectivity index (χ2n) is 4.51. The third-order valence-electron chi connectivity index (χ3n) is 2.97. The van der Waals surface area contributed by atoms with Crippen LogP contribution in [0.25, 0.3) is 6.08 Å². The van der Waals surface area contributed by atoms with Gasteiger partial charge in [0.15, 0.2) is 0 Å². The molecule has 0 fully saturated rings. The molecule has 0 unspecified atom stereocenters. The topological polar surface area (TPSA) is 41.5 Å². The monoisotopic (exact) mass is 344 g/mol. The molecule has 1 aliphatic heterocycles. The van der Waals surface area contributed by atoms with Gasteiger partial charge in [0.2, 0.25) is 0 Å². The van der Waals surface area contributed by atoms with Crippen molar-refractivity contribution in [2.45, 2.75) is 0 Å². The lowest BCUT2D eigenvalue weighted by Crippen LogP contribution is -2.24. The van der Waals surface area contributed by atoms with Gasteiger partial charge < -0.3 is 5.32 Å². The number of nitrogens with zero attached hydrogens (tertiary/aromatic N) is 1. The van der Waals surface area contributed by atoms with Gasteiger partial charge in [-0.05, 0) is 35.9 Å². The highest BCUT2D eigenvalue weighted by molar-refractivity contribution is 9.10. The Bertz CT molecular complexity index is 766. The third kappa shape index (κ3) is 3.08. The van der Waals surface area contributed by atoms with Crippen LogP contribution in [0.15, 0.2) is 63.7 Å².